The molecule has 2 aliphatic heterocycles. The van der Waals surface area contributed by atoms with E-state index < -0.39 is 24.3 Å². The number of piperazine rings is 2. The molecule has 6 aromatic rings. The third-order valence-corrected chi connectivity index (χ3v) is 12.6. The van der Waals surface area contributed by atoms with E-state index in [-0.39, 0.29) is 36.9 Å². The molecular weight excluding hydrogens is 785 g/mol. The molecule has 2 N–H and O–H groups in total. The molecule has 2 aliphatic carbocycles. The summed E-state index contributed by atoms with van der Waals surface area (Å²) in [7, 11) is 0. The number of carbonyl (C=O) groups is 4. The number of imidazole rings is 2. The quantitative estimate of drug-likeness (QED) is 0.140. The standard InChI is InChI=1S/C48H50N8O6/c57-45(35-15-16-35)53-21-23-55(47(59)61-29-33-7-3-1-4-8-33)41(27-53)43-49-37-19-13-31(25-39(37)51-43)11-12-32-14-20-38-40(26-32)52-44(50-38)42-28-54(46(58)36-17-18-36)22-24-56(42)48(60)62-30-34-9-5-2-6-10-34/h1-10,13-14,19-20,25-26,35-36,41-42H,11-12,15-18,21-24,27-30H2,(H,49,51)(H,50,52). The van der Waals surface area contributed by atoms with Crippen molar-refractivity contribution in [3.8, 4) is 0 Å². The van der Waals surface area contributed by atoms with Crippen LogP contribution in [0.25, 0.3) is 22.1 Å². The van der Waals surface area contributed by atoms with Gasteiger partial charge in [0, 0.05) is 51.1 Å². The van der Waals surface area contributed by atoms with Gasteiger partial charge in [0.2, 0.25) is 11.8 Å². The number of amides is 4. The third-order valence-electron chi connectivity index (χ3n) is 12.6. The summed E-state index contributed by atoms with van der Waals surface area (Å²) in [5.41, 5.74) is 7.37. The van der Waals surface area contributed by atoms with Gasteiger partial charge in [-0.15, -0.1) is 0 Å². The molecule has 0 spiro atoms. The van der Waals surface area contributed by atoms with E-state index >= 15 is 0 Å². The first-order chi connectivity index (χ1) is 30.3. The Balaban J connectivity index is 0.833. The van der Waals surface area contributed by atoms with Crippen LogP contribution in [0.15, 0.2) is 97.1 Å². The van der Waals surface area contributed by atoms with Gasteiger partial charge in [-0.25, -0.2) is 19.6 Å². The second-order valence-corrected chi connectivity index (χ2v) is 17.1. The third kappa shape index (κ3) is 8.59. The van der Waals surface area contributed by atoms with Gasteiger partial charge in [-0.2, -0.15) is 0 Å². The fourth-order valence-electron chi connectivity index (χ4n) is 8.72. The van der Waals surface area contributed by atoms with Crippen LogP contribution in [-0.4, -0.2) is 103 Å². The van der Waals surface area contributed by atoms with Crippen molar-refractivity contribution in [1.82, 2.24) is 39.5 Å². The van der Waals surface area contributed by atoms with Gasteiger partial charge in [0.15, 0.2) is 0 Å². The normalized spacial score (nSPS) is 19.2. The molecule has 62 heavy (non-hydrogen) atoms. The molecule has 2 saturated heterocycles. The maximum atomic E-state index is 13.5. The Bertz CT molecular complexity index is 2420. The number of hydrogen-bond donors (Lipinski definition) is 2. The van der Waals surface area contributed by atoms with E-state index in [2.05, 4.69) is 34.2 Å². The number of fused-ring (bicyclic) bond motifs is 2. The van der Waals surface area contributed by atoms with Crippen LogP contribution in [0, 0.1) is 11.8 Å². The molecule has 2 saturated carbocycles. The fourth-order valence-corrected chi connectivity index (χ4v) is 8.72. The molecule has 4 heterocycles. The number of aryl methyl sites for hydroxylation is 2. The first-order valence-corrected chi connectivity index (χ1v) is 21.8. The lowest BCUT2D eigenvalue weighted by molar-refractivity contribution is -0.136. The van der Waals surface area contributed by atoms with Crippen molar-refractivity contribution in [3.63, 3.8) is 0 Å². The lowest BCUT2D eigenvalue weighted by Crippen LogP contribution is -2.53. The maximum Gasteiger partial charge on any atom is 0.410 e. The Morgan fingerprint density at radius 2 is 0.952 bits per heavy atom. The number of nitrogens with zero attached hydrogens (tertiary/aromatic N) is 6. The van der Waals surface area contributed by atoms with Gasteiger partial charge < -0.3 is 29.2 Å². The highest BCUT2D eigenvalue weighted by atomic mass is 16.6. The first-order valence-electron chi connectivity index (χ1n) is 21.8. The van der Waals surface area contributed by atoms with Crippen LogP contribution in [-0.2, 0) is 45.1 Å². The molecule has 2 unspecified atom stereocenters. The second kappa shape index (κ2) is 17.0. The van der Waals surface area contributed by atoms with Gasteiger partial charge in [-0.1, -0.05) is 72.8 Å². The molecule has 0 bridgehead atoms. The van der Waals surface area contributed by atoms with Crippen molar-refractivity contribution in [2.24, 2.45) is 11.8 Å². The highest BCUT2D eigenvalue weighted by Gasteiger charge is 2.42. The molecule has 14 nitrogen and oxygen atoms in total. The SMILES string of the molecule is O=C(C1CC1)N1CCN(C(=O)OCc2ccccc2)C(c2nc3ccc(CCc4ccc5nc(C6CN(C(=O)C7CC7)CCN6C(=O)OCc6ccccc6)[nH]c5c4)cc3[nH]2)C1. The van der Waals surface area contributed by atoms with E-state index in [9.17, 15) is 19.2 Å². The number of benzene rings is 4. The number of ether oxygens (including phenoxy) is 2. The number of aromatic amines is 2. The zero-order valence-corrected chi connectivity index (χ0v) is 34.6. The Hall–Kier alpha value is -6.70. The molecule has 10 rings (SSSR count). The average molecular weight is 835 g/mol. The summed E-state index contributed by atoms with van der Waals surface area (Å²) in [4.78, 5) is 77.4. The highest BCUT2D eigenvalue weighted by molar-refractivity contribution is 5.83. The minimum atomic E-state index is -0.473. The van der Waals surface area contributed by atoms with Crippen LogP contribution in [0.2, 0.25) is 0 Å². The summed E-state index contributed by atoms with van der Waals surface area (Å²) in [6.07, 6.45) is 4.36. The largest absolute Gasteiger partial charge is 0.445 e. The summed E-state index contributed by atoms with van der Waals surface area (Å²) >= 11 is 0. The minimum absolute atomic E-state index is 0.0828. The van der Waals surface area contributed by atoms with Crippen molar-refractivity contribution in [3.05, 3.63) is 131 Å². The van der Waals surface area contributed by atoms with Gasteiger partial charge in [0.25, 0.3) is 0 Å². The molecule has 4 aliphatic rings. The number of H-pyrrole nitrogens is 2. The van der Waals surface area contributed by atoms with Crippen molar-refractivity contribution < 1.29 is 28.7 Å². The van der Waals surface area contributed by atoms with Crippen LogP contribution in [0.1, 0.15) is 71.7 Å². The van der Waals surface area contributed by atoms with Crippen LogP contribution in [0.4, 0.5) is 9.59 Å². The number of nitrogens with one attached hydrogen (secondary N) is 2. The second-order valence-electron chi connectivity index (χ2n) is 17.1. The molecule has 4 aromatic carbocycles. The lowest BCUT2D eigenvalue weighted by atomic mass is 10.0. The summed E-state index contributed by atoms with van der Waals surface area (Å²) in [5, 5.41) is 0. The van der Waals surface area contributed by atoms with Crippen molar-refractivity contribution in [2.45, 2.75) is 63.8 Å². The van der Waals surface area contributed by atoms with Gasteiger partial charge >= 0.3 is 12.2 Å². The van der Waals surface area contributed by atoms with Crippen LogP contribution < -0.4 is 0 Å². The lowest BCUT2D eigenvalue weighted by Gasteiger charge is -2.40. The number of carbonyl (C=O) groups excluding carboxylic acids is 4. The Kier molecular flexibility index (Phi) is 10.8. The maximum absolute atomic E-state index is 13.5. The Morgan fingerprint density at radius 1 is 0.532 bits per heavy atom. The monoisotopic (exact) mass is 834 g/mol. The molecule has 318 valence electrons. The van der Waals surface area contributed by atoms with Crippen molar-refractivity contribution in [2.75, 3.05) is 39.3 Å². The van der Waals surface area contributed by atoms with Gasteiger partial charge in [0.05, 0.1) is 22.1 Å². The van der Waals surface area contributed by atoms with Gasteiger partial charge in [-0.05, 0) is 85.0 Å². The van der Waals surface area contributed by atoms with E-state index in [4.69, 9.17) is 19.4 Å². The molecule has 14 heteroatoms. The van der Waals surface area contributed by atoms with Gasteiger partial charge in [0.1, 0.15) is 36.9 Å². The van der Waals surface area contributed by atoms with Crippen molar-refractivity contribution in [1.29, 1.82) is 0 Å². The molecule has 0 radical (unpaired) electrons. The molecule has 4 amide bonds. The fraction of sp³-hybridized carbons (Fsp3) is 0.375. The van der Waals surface area contributed by atoms with Crippen molar-refractivity contribution >= 4 is 46.1 Å². The van der Waals surface area contributed by atoms with E-state index in [0.717, 1.165) is 82.8 Å². The zero-order chi connectivity index (χ0) is 42.2. The molecule has 2 atom stereocenters. The van der Waals surface area contributed by atoms with E-state index in [1.54, 1.807) is 9.80 Å². The number of aromatic nitrogens is 4. The Morgan fingerprint density at radius 3 is 1.35 bits per heavy atom. The summed E-state index contributed by atoms with van der Waals surface area (Å²) in [6, 6.07) is 30.6. The van der Waals surface area contributed by atoms with Gasteiger partial charge in [-0.3, -0.25) is 19.4 Å². The summed E-state index contributed by atoms with van der Waals surface area (Å²) in [5.74, 6) is 1.72. The number of rotatable bonds is 11. The van der Waals surface area contributed by atoms with E-state index in [0.29, 0.717) is 50.9 Å². The predicted octanol–water partition coefficient (Wildman–Crippen LogP) is 7.09. The smallest absolute Gasteiger partial charge is 0.410 e. The zero-order valence-electron chi connectivity index (χ0n) is 34.6. The van der Waals surface area contributed by atoms with Crippen LogP contribution >= 0.6 is 0 Å². The predicted molar refractivity (Wildman–Crippen MR) is 230 cm³/mol. The highest BCUT2D eigenvalue weighted by Crippen LogP contribution is 2.36. The molecule has 4 fully saturated rings. The van der Waals surface area contributed by atoms with Crippen LogP contribution in [0.5, 0.6) is 0 Å². The number of hydrogen-bond acceptors (Lipinski definition) is 8. The minimum Gasteiger partial charge on any atom is -0.445 e. The molecular formula is C48H50N8O6. The first kappa shape index (κ1) is 39.4. The summed E-state index contributed by atoms with van der Waals surface area (Å²) in [6.45, 7) is 2.69. The Labute approximate surface area is 359 Å². The van der Waals surface area contributed by atoms with Crippen LogP contribution in [0.3, 0.4) is 0 Å². The molecule has 2 aromatic heterocycles. The summed E-state index contributed by atoms with van der Waals surface area (Å²) < 4.78 is 11.5. The average Bonchev–Trinajstić information content (AvgIpc) is 4.26. The van der Waals surface area contributed by atoms with E-state index in [1.165, 1.54) is 0 Å². The topological polar surface area (TPSA) is 157 Å². The van der Waals surface area contributed by atoms with E-state index in [1.807, 2.05) is 82.6 Å².